The van der Waals surface area contributed by atoms with Gasteiger partial charge in [-0.25, -0.2) is 0 Å². The molecule has 0 atom stereocenters. The van der Waals surface area contributed by atoms with Gasteiger partial charge in [0.2, 0.25) is 0 Å². The van der Waals surface area contributed by atoms with Gasteiger partial charge in [-0.05, 0) is 39.0 Å². The van der Waals surface area contributed by atoms with Crippen molar-refractivity contribution in [3.05, 3.63) is 77.9 Å². The van der Waals surface area contributed by atoms with Crippen molar-refractivity contribution in [2.45, 2.75) is 0 Å². The summed E-state index contributed by atoms with van der Waals surface area (Å²) >= 11 is 1.83. The number of benzene rings is 3. The molecule has 0 fully saturated rings. The fraction of sp³-hybridized carbons (Fsp3) is 0. The molecular weight excluding hydrogens is 515 g/mol. The fourth-order valence-corrected chi connectivity index (χ4v) is 4.87. The molecule has 0 saturated carbocycles. The van der Waals surface area contributed by atoms with Crippen LogP contribution in [0.4, 0.5) is 0 Å². The van der Waals surface area contributed by atoms with E-state index < -0.39 is 0 Å². The number of thiophene rings is 1. The van der Waals surface area contributed by atoms with Crippen molar-refractivity contribution >= 4 is 54.6 Å². The van der Waals surface area contributed by atoms with E-state index in [-0.39, 0.29) is 20.1 Å². The van der Waals surface area contributed by atoms with Crippen LogP contribution in [0.2, 0.25) is 0 Å². The Balaban J connectivity index is 0.00000150. The van der Waals surface area contributed by atoms with Crippen LogP contribution < -0.4 is 0 Å². The molecule has 5 aromatic rings. The van der Waals surface area contributed by atoms with Crippen molar-refractivity contribution in [1.82, 2.24) is 4.98 Å². The van der Waals surface area contributed by atoms with Gasteiger partial charge in [0.15, 0.2) is 0 Å². The number of nitrogens with zero attached hydrogens (tertiary/aromatic N) is 1. The molecule has 3 aromatic carbocycles. The van der Waals surface area contributed by atoms with Crippen LogP contribution in [0.3, 0.4) is 0 Å². The molecule has 0 aliphatic heterocycles. The topological polar surface area (TPSA) is 12.9 Å². The molecule has 0 bridgehead atoms. The van der Waals surface area contributed by atoms with Gasteiger partial charge < -0.3 is 0 Å². The van der Waals surface area contributed by atoms with Gasteiger partial charge in [-0.15, -0.1) is 23.8 Å². The molecule has 2 aromatic heterocycles. The standard InChI is InChI=1S/C23H12NS.Ir/c1-2-7-21-17(5-1)18-11-10-15(13-22(18)25-21)20-12-16-9-8-14-4-3-6-19(24-20)23(14)16;/h1-9,11-13H;/q-1;. The molecule has 0 saturated heterocycles. The van der Waals surface area contributed by atoms with Crippen LogP contribution in [0.5, 0.6) is 0 Å². The van der Waals surface area contributed by atoms with Gasteiger partial charge in [0, 0.05) is 30.2 Å². The Morgan fingerprint density at radius 3 is 2.65 bits per heavy atom. The first-order chi connectivity index (χ1) is 12.4. The van der Waals surface area contributed by atoms with Gasteiger partial charge >= 0.3 is 0 Å². The predicted molar refractivity (Wildman–Crippen MR) is 108 cm³/mol. The molecule has 0 N–H and O–H groups in total. The average Bonchev–Trinajstić information content (AvgIpc) is 3.23. The fourth-order valence-electron chi connectivity index (χ4n) is 3.75. The molecule has 6 rings (SSSR count). The summed E-state index contributed by atoms with van der Waals surface area (Å²) in [6.45, 7) is 0. The number of hydrogen-bond donors (Lipinski definition) is 0. The van der Waals surface area contributed by atoms with Crippen molar-refractivity contribution in [2.24, 2.45) is 0 Å². The smallest absolute Gasteiger partial charge is 0.0607 e. The van der Waals surface area contributed by atoms with Gasteiger partial charge in [0.1, 0.15) is 0 Å². The molecule has 1 nitrogen and oxygen atoms in total. The first-order valence-corrected chi connectivity index (χ1v) is 9.14. The van der Waals surface area contributed by atoms with E-state index in [1.807, 2.05) is 11.3 Å². The van der Waals surface area contributed by atoms with Gasteiger partial charge in [0.25, 0.3) is 0 Å². The third-order valence-corrected chi connectivity index (χ3v) is 6.06. The zero-order valence-corrected chi connectivity index (χ0v) is 16.8. The van der Waals surface area contributed by atoms with Crippen LogP contribution in [-0.4, -0.2) is 4.98 Å². The van der Waals surface area contributed by atoms with Gasteiger partial charge in [-0.2, -0.15) is 11.3 Å². The summed E-state index contributed by atoms with van der Waals surface area (Å²) in [5.41, 5.74) is 5.62. The van der Waals surface area contributed by atoms with Crippen molar-refractivity contribution in [3.63, 3.8) is 0 Å². The number of fused-ring (bicyclic) bond motifs is 3. The third kappa shape index (κ3) is 2.22. The monoisotopic (exact) mass is 527 g/mol. The Labute approximate surface area is 168 Å². The van der Waals surface area contributed by atoms with Crippen LogP contribution in [0.15, 0.2) is 60.7 Å². The summed E-state index contributed by atoms with van der Waals surface area (Å²) in [7, 11) is 0. The van der Waals surface area contributed by atoms with E-state index in [1.165, 1.54) is 36.7 Å². The molecule has 3 heteroatoms. The van der Waals surface area contributed by atoms with Crippen molar-refractivity contribution in [2.75, 3.05) is 0 Å². The Kier molecular flexibility index (Phi) is 3.58. The SMILES string of the molecule is [Ir].[c-]1cc2c(cc1-c1cc3c4c(cccc4n1)C=C3)sc1ccccc12. The molecule has 2 heterocycles. The van der Waals surface area contributed by atoms with E-state index in [9.17, 15) is 0 Å². The Morgan fingerprint density at radius 1 is 0.808 bits per heavy atom. The second-order valence-corrected chi connectivity index (χ2v) is 7.48. The number of rotatable bonds is 1. The Bertz CT molecular complexity index is 1350. The summed E-state index contributed by atoms with van der Waals surface area (Å²) in [6.07, 6.45) is 4.35. The third-order valence-electron chi connectivity index (χ3n) is 4.92. The average molecular weight is 527 g/mol. The van der Waals surface area contributed by atoms with E-state index in [4.69, 9.17) is 4.98 Å². The number of pyridine rings is 1. The molecule has 1 radical (unpaired) electrons. The minimum Gasteiger partial charge on any atom is -0.296 e. The molecule has 1 aliphatic carbocycles. The van der Waals surface area contributed by atoms with Crippen molar-refractivity contribution < 1.29 is 20.1 Å². The Hall–Kier alpha value is -2.32. The second kappa shape index (κ2) is 5.85. The maximum Gasteiger partial charge on any atom is 0.0607 e. The minimum atomic E-state index is 0. The van der Waals surface area contributed by atoms with E-state index in [1.54, 1.807) is 0 Å². The zero-order chi connectivity index (χ0) is 16.4. The zero-order valence-electron chi connectivity index (χ0n) is 13.6. The van der Waals surface area contributed by atoms with Crippen LogP contribution in [0, 0.1) is 6.07 Å². The summed E-state index contributed by atoms with van der Waals surface area (Å²) in [5.74, 6) is 0. The minimum absolute atomic E-state index is 0. The maximum atomic E-state index is 4.90. The number of hydrogen-bond acceptors (Lipinski definition) is 2. The van der Waals surface area contributed by atoms with Gasteiger partial charge in [-0.1, -0.05) is 53.9 Å². The molecule has 0 spiro atoms. The van der Waals surface area contributed by atoms with Crippen LogP contribution in [-0.2, 0) is 20.1 Å². The first-order valence-electron chi connectivity index (χ1n) is 8.32. The first kappa shape index (κ1) is 15.9. The second-order valence-electron chi connectivity index (χ2n) is 6.39. The summed E-state index contributed by atoms with van der Waals surface area (Å²) in [4.78, 5) is 4.90. The van der Waals surface area contributed by atoms with Crippen molar-refractivity contribution in [1.29, 1.82) is 0 Å². The summed E-state index contributed by atoms with van der Waals surface area (Å²) < 4.78 is 2.61. The quantitative estimate of drug-likeness (QED) is 0.222. The number of aromatic nitrogens is 1. The van der Waals surface area contributed by atoms with E-state index in [0.717, 1.165) is 16.8 Å². The molecule has 125 valence electrons. The van der Waals surface area contributed by atoms with Gasteiger partial charge in [0.05, 0.1) is 5.52 Å². The van der Waals surface area contributed by atoms with Gasteiger partial charge in [-0.3, -0.25) is 4.98 Å². The van der Waals surface area contributed by atoms with Crippen molar-refractivity contribution in [3.8, 4) is 11.3 Å². The predicted octanol–water partition coefficient (Wildman–Crippen LogP) is 6.55. The molecule has 26 heavy (non-hydrogen) atoms. The Morgan fingerprint density at radius 2 is 1.69 bits per heavy atom. The van der Waals surface area contributed by atoms with Crippen LogP contribution >= 0.6 is 11.3 Å². The van der Waals surface area contributed by atoms with E-state index in [2.05, 4.69) is 78.9 Å². The largest absolute Gasteiger partial charge is 0.296 e. The molecule has 0 amide bonds. The normalized spacial score (nSPS) is 12.2. The maximum absolute atomic E-state index is 4.90. The van der Waals surface area contributed by atoms with E-state index in [0.29, 0.717) is 0 Å². The van der Waals surface area contributed by atoms with E-state index >= 15 is 0 Å². The molecular formula is C23H12IrNS-. The van der Waals surface area contributed by atoms with Crippen LogP contribution in [0.25, 0.3) is 54.5 Å². The summed E-state index contributed by atoms with van der Waals surface area (Å²) in [6, 6.07) is 24.8. The molecule has 1 aliphatic rings. The molecule has 0 unspecified atom stereocenters. The van der Waals surface area contributed by atoms with Crippen LogP contribution in [0.1, 0.15) is 11.1 Å². The summed E-state index contributed by atoms with van der Waals surface area (Å²) in [5, 5.41) is 3.84.